The molecule has 3 unspecified atom stereocenters. The Morgan fingerprint density at radius 2 is 2.00 bits per heavy atom. The van der Waals surface area contributed by atoms with Gasteiger partial charge < -0.3 is 11.1 Å². The maximum absolute atomic E-state index is 12.1. The maximum Gasteiger partial charge on any atom is 0.223 e. The van der Waals surface area contributed by atoms with E-state index in [0.717, 1.165) is 23.6 Å². The summed E-state index contributed by atoms with van der Waals surface area (Å²) in [5, 5.41) is 3.07. The highest BCUT2D eigenvalue weighted by Gasteiger charge is 2.42. The van der Waals surface area contributed by atoms with Crippen molar-refractivity contribution in [1.82, 2.24) is 5.32 Å². The van der Waals surface area contributed by atoms with Crippen molar-refractivity contribution in [3.05, 3.63) is 29.8 Å². The van der Waals surface area contributed by atoms with Gasteiger partial charge in [0, 0.05) is 18.2 Å². The molecule has 2 saturated carbocycles. The van der Waals surface area contributed by atoms with Crippen molar-refractivity contribution >= 4 is 11.6 Å². The fourth-order valence-electron chi connectivity index (χ4n) is 3.52. The van der Waals surface area contributed by atoms with E-state index in [-0.39, 0.29) is 11.8 Å². The molecule has 2 aliphatic rings. The largest absolute Gasteiger partial charge is 0.399 e. The number of carbonyl (C=O) groups excluding carboxylic acids is 1. The lowest BCUT2D eigenvalue weighted by Crippen LogP contribution is -2.33. The van der Waals surface area contributed by atoms with Crippen LogP contribution in [0.3, 0.4) is 0 Å². The smallest absolute Gasteiger partial charge is 0.223 e. The van der Waals surface area contributed by atoms with Crippen LogP contribution in [0.2, 0.25) is 0 Å². The minimum atomic E-state index is 0.249. The van der Waals surface area contributed by atoms with Crippen LogP contribution in [-0.2, 0) is 11.3 Å². The maximum atomic E-state index is 12.1. The van der Waals surface area contributed by atoms with Crippen LogP contribution >= 0.6 is 0 Å². The molecule has 0 radical (unpaired) electrons. The molecule has 1 amide bonds. The molecule has 96 valence electrons. The molecule has 1 aromatic rings. The highest BCUT2D eigenvalue weighted by molar-refractivity contribution is 5.79. The van der Waals surface area contributed by atoms with Crippen LogP contribution in [0.4, 0.5) is 5.69 Å². The lowest BCUT2D eigenvalue weighted by atomic mass is 9.88. The van der Waals surface area contributed by atoms with E-state index in [0.29, 0.717) is 12.5 Å². The summed E-state index contributed by atoms with van der Waals surface area (Å²) in [6.45, 7) is 0.618. The van der Waals surface area contributed by atoms with Crippen molar-refractivity contribution in [3.63, 3.8) is 0 Å². The summed E-state index contributed by atoms with van der Waals surface area (Å²) in [7, 11) is 0. The van der Waals surface area contributed by atoms with Gasteiger partial charge in [-0.2, -0.15) is 0 Å². The van der Waals surface area contributed by atoms with Gasteiger partial charge in [-0.1, -0.05) is 18.6 Å². The summed E-state index contributed by atoms with van der Waals surface area (Å²) in [5.41, 5.74) is 7.51. The van der Waals surface area contributed by atoms with Gasteiger partial charge in [0.2, 0.25) is 5.91 Å². The van der Waals surface area contributed by atoms with E-state index in [1.807, 2.05) is 24.3 Å². The Morgan fingerprint density at radius 3 is 2.61 bits per heavy atom. The zero-order valence-corrected chi connectivity index (χ0v) is 10.6. The second kappa shape index (κ2) is 4.63. The highest BCUT2D eigenvalue weighted by Crippen LogP contribution is 2.48. The number of anilines is 1. The fraction of sp³-hybridized carbons (Fsp3) is 0.533. The first-order valence-electron chi connectivity index (χ1n) is 6.84. The first kappa shape index (κ1) is 11.6. The number of amides is 1. The summed E-state index contributed by atoms with van der Waals surface area (Å²) < 4.78 is 0. The molecule has 0 spiro atoms. The molecule has 0 heterocycles. The Balaban J connectivity index is 1.54. The molecule has 2 fully saturated rings. The lowest BCUT2D eigenvalue weighted by Gasteiger charge is -2.20. The van der Waals surface area contributed by atoms with Crippen LogP contribution in [0.5, 0.6) is 0 Å². The molecule has 3 atom stereocenters. The van der Waals surface area contributed by atoms with Crippen LogP contribution in [-0.4, -0.2) is 5.91 Å². The highest BCUT2D eigenvalue weighted by atomic mass is 16.1. The normalized spacial score (nSPS) is 29.4. The first-order valence-corrected chi connectivity index (χ1v) is 6.84. The molecule has 0 aliphatic heterocycles. The Morgan fingerprint density at radius 1 is 1.22 bits per heavy atom. The van der Waals surface area contributed by atoms with E-state index >= 15 is 0 Å². The van der Waals surface area contributed by atoms with Crippen molar-refractivity contribution < 1.29 is 4.79 Å². The number of rotatable bonds is 3. The first-order chi connectivity index (χ1) is 8.72. The van der Waals surface area contributed by atoms with Crippen molar-refractivity contribution in [2.45, 2.75) is 32.2 Å². The molecular weight excluding hydrogens is 224 g/mol. The van der Waals surface area contributed by atoms with Gasteiger partial charge in [-0.15, -0.1) is 0 Å². The van der Waals surface area contributed by atoms with E-state index in [2.05, 4.69) is 5.32 Å². The number of hydrogen-bond donors (Lipinski definition) is 2. The van der Waals surface area contributed by atoms with E-state index in [9.17, 15) is 4.79 Å². The Labute approximate surface area is 108 Å². The van der Waals surface area contributed by atoms with Crippen LogP contribution in [0.15, 0.2) is 24.3 Å². The minimum absolute atomic E-state index is 0.249. The van der Waals surface area contributed by atoms with E-state index < -0.39 is 0 Å². The monoisotopic (exact) mass is 244 g/mol. The molecule has 3 rings (SSSR count). The molecule has 3 N–H and O–H groups in total. The van der Waals surface area contributed by atoms with Gasteiger partial charge in [0.1, 0.15) is 0 Å². The minimum Gasteiger partial charge on any atom is -0.399 e. The van der Waals surface area contributed by atoms with Crippen molar-refractivity contribution in [3.8, 4) is 0 Å². The van der Waals surface area contributed by atoms with Crippen molar-refractivity contribution in [1.29, 1.82) is 0 Å². The van der Waals surface area contributed by atoms with Gasteiger partial charge in [0.25, 0.3) is 0 Å². The van der Waals surface area contributed by atoms with Gasteiger partial charge in [0.15, 0.2) is 0 Å². The van der Waals surface area contributed by atoms with Crippen LogP contribution in [0, 0.1) is 17.8 Å². The topological polar surface area (TPSA) is 55.1 Å². The molecule has 3 heteroatoms. The van der Waals surface area contributed by atoms with Crippen molar-refractivity contribution in [2.75, 3.05) is 5.73 Å². The molecule has 0 aromatic heterocycles. The Kier molecular flexibility index (Phi) is 2.98. The molecule has 3 nitrogen and oxygen atoms in total. The van der Waals surface area contributed by atoms with E-state index in [4.69, 9.17) is 5.73 Å². The summed E-state index contributed by atoms with van der Waals surface area (Å²) in [6, 6.07) is 7.69. The fourth-order valence-corrected chi connectivity index (χ4v) is 3.52. The lowest BCUT2D eigenvalue weighted by molar-refractivity contribution is -0.126. The molecule has 2 bridgehead atoms. The Hall–Kier alpha value is -1.51. The quantitative estimate of drug-likeness (QED) is 0.802. The number of fused-ring (bicyclic) bond motifs is 2. The average Bonchev–Trinajstić information content (AvgIpc) is 3.00. The third-order valence-corrected chi connectivity index (χ3v) is 4.52. The van der Waals surface area contributed by atoms with Crippen LogP contribution < -0.4 is 11.1 Å². The zero-order valence-electron chi connectivity index (χ0n) is 10.6. The predicted molar refractivity (Wildman–Crippen MR) is 71.6 cm³/mol. The summed E-state index contributed by atoms with van der Waals surface area (Å²) in [5.74, 6) is 2.00. The predicted octanol–water partition coefficient (Wildman–Crippen LogP) is 2.32. The molecule has 1 aromatic carbocycles. The van der Waals surface area contributed by atoms with E-state index in [1.165, 1.54) is 19.3 Å². The summed E-state index contributed by atoms with van der Waals surface area (Å²) >= 11 is 0. The third kappa shape index (κ3) is 2.22. The number of benzene rings is 1. The second-order valence-corrected chi connectivity index (χ2v) is 5.74. The number of nitrogens with two attached hydrogens (primary N) is 1. The van der Waals surface area contributed by atoms with Crippen LogP contribution in [0.1, 0.15) is 31.2 Å². The number of nitrogens with one attached hydrogen (secondary N) is 1. The van der Waals surface area contributed by atoms with Gasteiger partial charge in [-0.25, -0.2) is 0 Å². The van der Waals surface area contributed by atoms with Crippen molar-refractivity contribution in [2.24, 2.45) is 17.8 Å². The summed E-state index contributed by atoms with van der Waals surface area (Å²) in [6.07, 6.45) is 4.98. The standard InChI is InChI=1S/C15H20N2O/c16-13-5-2-10(3-6-13)9-17-15(18)14-8-11-1-4-12(14)7-11/h2-3,5-6,11-12,14H,1,4,7-9,16H2,(H,17,18). The molecule has 18 heavy (non-hydrogen) atoms. The molecule has 0 saturated heterocycles. The number of nitrogen functional groups attached to an aromatic ring is 1. The van der Waals surface area contributed by atoms with Gasteiger partial charge in [0.05, 0.1) is 0 Å². The SMILES string of the molecule is Nc1ccc(CNC(=O)C2CC3CCC2C3)cc1. The summed E-state index contributed by atoms with van der Waals surface area (Å²) in [4.78, 5) is 12.1. The molecular formula is C15H20N2O. The van der Waals surface area contributed by atoms with Gasteiger partial charge >= 0.3 is 0 Å². The van der Waals surface area contributed by atoms with Crippen LogP contribution in [0.25, 0.3) is 0 Å². The van der Waals surface area contributed by atoms with E-state index in [1.54, 1.807) is 0 Å². The number of carbonyl (C=O) groups is 1. The Bertz CT molecular complexity index is 440. The zero-order chi connectivity index (χ0) is 12.5. The van der Waals surface area contributed by atoms with Gasteiger partial charge in [-0.05, 0) is 48.8 Å². The second-order valence-electron chi connectivity index (χ2n) is 5.74. The van der Waals surface area contributed by atoms with Gasteiger partial charge in [-0.3, -0.25) is 4.79 Å². The third-order valence-electron chi connectivity index (χ3n) is 4.52. The number of hydrogen-bond acceptors (Lipinski definition) is 2. The average molecular weight is 244 g/mol. The molecule has 2 aliphatic carbocycles.